The van der Waals surface area contributed by atoms with Crippen molar-refractivity contribution < 1.29 is 4.79 Å². The van der Waals surface area contributed by atoms with Gasteiger partial charge in [0.15, 0.2) is 0 Å². The molecule has 118 valence electrons. The lowest BCUT2D eigenvalue weighted by Gasteiger charge is -2.15. The second-order valence-electron chi connectivity index (χ2n) is 6.11. The number of hydrogen-bond acceptors (Lipinski definition) is 2. The van der Waals surface area contributed by atoms with Gasteiger partial charge in [-0.1, -0.05) is 44.4 Å². The SMILES string of the molecule is Cc1ccc(Cl)cc1NC(=O)CNC(C)CCCC(C)C. The topological polar surface area (TPSA) is 41.1 Å². The van der Waals surface area contributed by atoms with E-state index in [1.807, 2.05) is 19.1 Å². The van der Waals surface area contributed by atoms with Crippen LogP contribution in [0.3, 0.4) is 0 Å². The minimum absolute atomic E-state index is 0.0314. The van der Waals surface area contributed by atoms with E-state index in [0.29, 0.717) is 17.6 Å². The van der Waals surface area contributed by atoms with E-state index in [1.165, 1.54) is 12.8 Å². The number of amides is 1. The van der Waals surface area contributed by atoms with Crippen molar-refractivity contribution in [1.29, 1.82) is 0 Å². The van der Waals surface area contributed by atoms with Gasteiger partial charge in [-0.2, -0.15) is 0 Å². The van der Waals surface area contributed by atoms with Crippen LogP contribution in [-0.4, -0.2) is 18.5 Å². The summed E-state index contributed by atoms with van der Waals surface area (Å²) in [5, 5.41) is 6.79. The van der Waals surface area contributed by atoms with Crippen molar-refractivity contribution in [3.05, 3.63) is 28.8 Å². The standard InChI is InChI=1S/C17H27ClN2O/c1-12(2)6-5-7-14(4)19-11-17(21)20-16-10-15(18)9-8-13(16)3/h8-10,12,14,19H,5-7,11H2,1-4H3,(H,20,21). The van der Waals surface area contributed by atoms with Crippen molar-refractivity contribution in [1.82, 2.24) is 5.32 Å². The molecule has 0 spiro atoms. The maximum Gasteiger partial charge on any atom is 0.238 e. The highest BCUT2D eigenvalue weighted by Crippen LogP contribution is 2.19. The van der Waals surface area contributed by atoms with Gasteiger partial charge in [-0.3, -0.25) is 4.79 Å². The van der Waals surface area contributed by atoms with Crippen molar-refractivity contribution in [3.8, 4) is 0 Å². The van der Waals surface area contributed by atoms with Gasteiger partial charge in [-0.15, -0.1) is 0 Å². The van der Waals surface area contributed by atoms with Crippen LogP contribution in [0.4, 0.5) is 5.69 Å². The highest BCUT2D eigenvalue weighted by Gasteiger charge is 2.08. The number of benzene rings is 1. The maximum absolute atomic E-state index is 11.9. The molecule has 21 heavy (non-hydrogen) atoms. The van der Waals surface area contributed by atoms with Gasteiger partial charge in [0, 0.05) is 16.8 Å². The second kappa shape index (κ2) is 9.06. The van der Waals surface area contributed by atoms with Gasteiger partial charge in [0.1, 0.15) is 0 Å². The summed E-state index contributed by atoms with van der Waals surface area (Å²) in [6.45, 7) is 8.87. The molecule has 1 aromatic carbocycles. The van der Waals surface area contributed by atoms with Crippen LogP contribution in [0.25, 0.3) is 0 Å². The van der Waals surface area contributed by atoms with Crippen LogP contribution in [-0.2, 0) is 4.79 Å². The van der Waals surface area contributed by atoms with E-state index < -0.39 is 0 Å². The average Bonchev–Trinajstić information content (AvgIpc) is 2.40. The molecular weight excluding hydrogens is 284 g/mol. The van der Waals surface area contributed by atoms with E-state index >= 15 is 0 Å². The Bertz CT molecular complexity index is 460. The lowest BCUT2D eigenvalue weighted by Crippen LogP contribution is -2.34. The zero-order valence-electron chi connectivity index (χ0n) is 13.5. The third-order valence-corrected chi connectivity index (χ3v) is 3.74. The van der Waals surface area contributed by atoms with Crippen LogP contribution in [0.15, 0.2) is 18.2 Å². The molecule has 0 bridgehead atoms. The fourth-order valence-corrected chi connectivity index (χ4v) is 2.30. The molecule has 0 aromatic heterocycles. The molecule has 0 aliphatic heterocycles. The third-order valence-electron chi connectivity index (χ3n) is 3.50. The van der Waals surface area contributed by atoms with Gasteiger partial charge in [0.05, 0.1) is 6.54 Å². The van der Waals surface area contributed by atoms with Gasteiger partial charge in [-0.25, -0.2) is 0 Å². The highest BCUT2D eigenvalue weighted by atomic mass is 35.5. The zero-order chi connectivity index (χ0) is 15.8. The fourth-order valence-electron chi connectivity index (χ4n) is 2.12. The van der Waals surface area contributed by atoms with Crippen molar-refractivity contribution >= 4 is 23.2 Å². The second-order valence-corrected chi connectivity index (χ2v) is 6.55. The molecule has 0 saturated carbocycles. The Balaban J connectivity index is 2.32. The Morgan fingerprint density at radius 1 is 1.24 bits per heavy atom. The number of aryl methyl sites for hydroxylation is 1. The molecule has 0 heterocycles. The molecule has 0 aliphatic carbocycles. The zero-order valence-corrected chi connectivity index (χ0v) is 14.3. The summed E-state index contributed by atoms with van der Waals surface area (Å²) >= 11 is 5.94. The van der Waals surface area contributed by atoms with E-state index in [2.05, 4.69) is 31.4 Å². The molecule has 0 saturated heterocycles. The number of carbonyl (C=O) groups is 1. The lowest BCUT2D eigenvalue weighted by molar-refractivity contribution is -0.115. The summed E-state index contributed by atoms with van der Waals surface area (Å²) in [6, 6.07) is 5.86. The van der Waals surface area contributed by atoms with Crippen molar-refractivity contribution in [2.24, 2.45) is 5.92 Å². The number of nitrogens with one attached hydrogen (secondary N) is 2. The van der Waals surface area contributed by atoms with Gasteiger partial charge in [0.25, 0.3) is 0 Å². The molecule has 1 unspecified atom stereocenters. The number of hydrogen-bond donors (Lipinski definition) is 2. The summed E-state index contributed by atoms with van der Waals surface area (Å²) < 4.78 is 0. The van der Waals surface area contributed by atoms with Gasteiger partial charge >= 0.3 is 0 Å². The van der Waals surface area contributed by atoms with E-state index in [9.17, 15) is 4.79 Å². The van der Waals surface area contributed by atoms with Crippen molar-refractivity contribution in [2.45, 2.75) is 53.0 Å². The first-order valence-corrected chi connectivity index (χ1v) is 8.05. The lowest BCUT2D eigenvalue weighted by atomic mass is 10.0. The van der Waals surface area contributed by atoms with Gasteiger partial charge in [-0.05, 0) is 43.9 Å². The van der Waals surface area contributed by atoms with E-state index in [1.54, 1.807) is 6.07 Å². The normalized spacial score (nSPS) is 12.5. The van der Waals surface area contributed by atoms with E-state index in [-0.39, 0.29) is 5.91 Å². The molecule has 1 amide bonds. The quantitative estimate of drug-likeness (QED) is 0.747. The summed E-state index contributed by atoms with van der Waals surface area (Å²) in [7, 11) is 0. The summed E-state index contributed by atoms with van der Waals surface area (Å²) in [5.41, 5.74) is 1.79. The fraction of sp³-hybridized carbons (Fsp3) is 0.588. The minimum atomic E-state index is -0.0314. The highest BCUT2D eigenvalue weighted by molar-refractivity contribution is 6.31. The Kier molecular flexibility index (Phi) is 7.76. The van der Waals surface area contributed by atoms with Crippen molar-refractivity contribution in [3.63, 3.8) is 0 Å². The Morgan fingerprint density at radius 2 is 1.95 bits per heavy atom. The summed E-state index contributed by atoms with van der Waals surface area (Å²) in [5.74, 6) is 0.711. The third kappa shape index (κ3) is 7.49. The van der Waals surface area contributed by atoms with Crippen LogP contribution >= 0.6 is 11.6 Å². The Hall–Kier alpha value is -1.06. The largest absolute Gasteiger partial charge is 0.325 e. The molecule has 1 atom stereocenters. The maximum atomic E-state index is 11.9. The average molecular weight is 311 g/mol. The molecule has 4 heteroatoms. The van der Waals surface area contributed by atoms with Crippen LogP contribution in [0, 0.1) is 12.8 Å². The van der Waals surface area contributed by atoms with Gasteiger partial charge in [0.2, 0.25) is 5.91 Å². The summed E-state index contributed by atoms with van der Waals surface area (Å²) in [6.07, 6.45) is 3.53. The first-order chi connectivity index (χ1) is 9.88. The molecule has 1 rings (SSSR count). The summed E-state index contributed by atoms with van der Waals surface area (Å²) in [4.78, 5) is 11.9. The molecule has 0 fully saturated rings. The molecule has 2 N–H and O–H groups in total. The first kappa shape index (κ1) is 18.0. The first-order valence-electron chi connectivity index (χ1n) is 7.68. The van der Waals surface area contributed by atoms with Crippen molar-refractivity contribution in [2.75, 3.05) is 11.9 Å². The number of rotatable bonds is 8. The Labute approximate surface area is 133 Å². The monoisotopic (exact) mass is 310 g/mol. The van der Waals surface area contributed by atoms with Crippen LogP contribution in [0.5, 0.6) is 0 Å². The van der Waals surface area contributed by atoms with Crippen LogP contribution in [0.1, 0.15) is 45.6 Å². The molecule has 1 aromatic rings. The Morgan fingerprint density at radius 3 is 2.62 bits per heavy atom. The number of carbonyl (C=O) groups excluding carboxylic acids is 1. The molecule has 3 nitrogen and oxygen atoms in total. The van der Waals surface area contributed by atoms with Crippen LogP contribution < -0.4 is 10.6 Å². The van der Waals surface area contributed by atoms with Gasteiger partial charge < -0.3 is 10.6 Å². The minimum Gasteiger partial charge on any atom is -0.325 e. The predicted octanol–water partition coefficient (Wildman–Crippen LogP) is 4.39. The van der Waals surface area contributed by atoms with E-state index in [0.717, 1.165) is 23.6 Å². The van der Waals surface area contributed by atoms with Crippen LogP contribution in [0.2, 0.25) is 5.02 Å². The molecule has 0 aliphatic rings. The molecule has 0 radical (unpaired) electrons. The van der Waals surface area contributed by atoms with E-state index in [4.69, 9.17) is 11.6 Å². The number of anilines is 1. The molecular formula is C17H27ClN2O. The smallest absolute Gasteiger partial charge is 0.238 e. The number of halogens is 1. The predicted molar refractivity (Wildman–Crippen MR) is 91.0 cm³/mol.